The van der Waals surface area contributed by atoms with Gasteiger partial charge in [-0.05, 0) is 105 Å². The monoisotopic (exact) mass is 416 g/mol. The highest BCUT2D eigenvalue weighted by molar-refractivity contribution is 7.89. The van der Waals surface area contributed by atoms with Crippen LogP contribution in [0.15, 0.2) is 29.2 Å². The Morgan fingerprint density at radius 2 is 1.59 bits per heavy atom. The van der Waals surface area contributed by atoms with Crippen molar-refractivity contribution >= 4 is 15.9 Å². The predicted molar refractivity (Wildman–Crippen MR) is 112 cm³/mol. The first-order valence-electron chi connectivity index (χ1n) is 11.3. The topological polar surface area (TPSA) is 75.3 Å². The third-order valence-corrected chi connectivity index (χ3v) is 9.40. The molecule has 1 aromatic rings. The minimum absolute atomic E-state index is 0.0771. The van der Waals surface area contributed by atoms with Gasteiger partial charge >= 0.3 is 0 Å². The van der Waals surface area contributed by atoms with Crippen molar-refractivity contribution in [3.05, 3.63) is 29.8 Å². The quantitative estimate of drug-likeness (QED) is 0.709. The van der Waals surface area contributed by atoms with Gasteiger partial charge in [0.15, 0.2) is 0 Å². The molecule has 0 unspecified atom stereocenters. The molecule has 0 heterocycles. The molecular formula is C23H32N2O3S. The Hall–Kier alpha value is -1.40. The van der Waals surface area contributed by atoms with Gasteiger partial charge in [-0.3, -0.25) is 4.79 Å². The molecule has 5 fully saturated rings. The molecule has 5 aliphatic carbocycles. The SMILES string of the molecule is CC[C@@H](NC(=O)c1ccc(S(=O)(=O)NC2CC2)cc1)C12CC3CC(CC(C3)C1)C2. The van der Waals surface area contributed by atoms with Crippen LogP contribution < -0.4 is 10.0 Å². The minimum atomic E-state index is -3.48. The number of rotatable bonds is 7. The van der Waals surface area contributed by atoms with Crippen molar-refractivity contribution in [1.82, 2.24) is 10.0 Å². The summed E-state index contributed by atoms with van der Waals surface area (Å²) in [5, 5.41) is 3.34. The maximum absolute atomic E-state index is 13.0. The minimum Gasteiger partial charge on any atom is -0.349 e. The highest BCUT2D eigenvalue weighted by Gasteiger charge is 2.54. The number of hydrogen-bond donors (Lipinski definition) is 2. The molecule has 158 valence electrons. The molecule has 4 bridgehead atoms. The third kappa shape index (κ3) is 3.74. The molecule has 1 amide bonds. The fourth-order valence-corrected chi connectivity index (χ4v) is 8.11. The van der Waals surface area contributed by atoms with Crippen LogP contribution in [-0.4, -0.2) is 26.4 Å². The second-order valence-electron chi connectivity index (χ2n) is 10.1. The first kappa shape index (κ1) is 19.6. The lowest BCUT2D eigenvalue weighted by molar-refractivity contribution is -0.0727. The van der Waals surface area contributed by atoms with Gasteiger partial charge in [0.05, 0.1) is 4.90 Å². The summed E-state index contributed by atoms with van der Waals surface area (Å²) >= 11 is 0. The van der Waals surface area contributed by atoms with Crippen LogP contribution in [-0.2, 0) is 10.0 Å². The molecule has 6 heteroatoms. The van der Waals surface area contributed by atoms with Crippen LogP contribution in [0, 0.1) is 23.2 Å². The van der Waals surface area contributed by atoms with Gasteiger partial charge in [-0.1, -0.05) is 6.92 Å². The van der Waals surface area contributed by atoms with E-state index in [1.54, 1.807) is 24.3 Å². The summed E-state index contributed by atoms with van der Waals surface area (Å²) in [6.45, 7) is 2.18. The van der Waals surface area contributed by atoms with Gasteiger partial charge in [-0.15, -0.1) is 0 Å². The van der Waals surface area contributed by atoms with Crippen molar-refractivity contribution in [3.63, 3.8) is 0 Å². The molecule has 6 rings (SSSR count). The number of carbonyl (C=O) groups excluding carboxylic acids is 1. The van der Waals surface area contributed by atoms with Crippen molar-refractivity contribution < 1.29 is 13.2 Å². The van der Waals surface area contributed by atoms with Crippen molar-refractivity contribution in [2.45, 2.75) is 81.7 Å². The number of sulfonamides is 1. The highest BCUT2D eigenvalue weighted by atomic mass is 32.2. The molecule has 5 saturated carbocycles. The number of nitrogens with one attached hydrogen (secondary N) is 2. The van der Waals surface area contributed by atoms with Crippen LogP contribution in [0.2, 0.25) is 0 Å². The van der Waals surface area contributed by atoms with E-state index < -0.39 is 10.0 Å². The summed E-state index contributed by atoms with van der Waals surface area (Å²) in [5.41, 5.74) is 0.815. The van der Waals surface area contributed by atoms with E-state index in [9.17, 15) is 13.2 Å². The summed E-state index contributed by atoms with van der Waals surface area (Å²) in [7, 11) is -3.48. The zero-order valence-electron chi connectivity index (χ0n) is 17.2. The second-order valence-corrected chi connectivity index (χ2v) is 11.8. The van der Waals surface area contributed by atoms with Gasteiger partial charge in [0.25, 0.3) is 5.91 Å². The van der Waals surface area contributed by atoms with Gasteiger partial charge in [-0.25, -0.2) is 13.1 Å². The van der Waals surface area contributed by atoms with Crippen LogP contribution in [0.4, 0.5) is 0 Å². The number of benzene rings is 1. The Kier molecular flexibility index (Phi) is 4.78. The summed E-state index contributed by atoms with van der Waals surface area (Å²) < 4.78 is 27.4. The Morgan fingerprint density at radius 1 is 1.03 bits per heavy atom. The maximum atomic E-state index is 13.0. The Morgan fingerprint density at radius 3 is 2.07 bits per heavy atom. The smallest absolute Gasteiger partial charge is 0.251 e. The number of amides is 1. The van der Waals surface area contributed by atoms with Gasteiger partial charge in [0, 0.05) is 17.6 Å². The van der Waals surface area contributed by atoms with E-state index in [2.05, 4.69) is 17.0 Å². The average molecular weight is 417 g/mol. The van der Waals surface area contributed by atoms with Crippen LogP contribution in [0.1, 0.15) is 75.1 Å². The van der Waals surface area contributed by atoms with Crippen LogP contribution in [0.3, 0.4) is 0 Å². The lowest BCUT2D eigenvalue weighted by Gasteiger charge is -2.59. The zero-order valence-corrected chi connectivity index (χ0v) is 18.0. The maximum Gasteiger partial charge on any atom is 0.251 e. The van der Waals surface area contributed by atoms with Crippen LogP contribution >= 0.6 is 0 Å². The molecule has 0 spiro atoms. The standard InChI is InChI=1S/C23H32N2O3S/c1-2-21(23-12-15-9-16(13-23)11-17(10-15)14-23)24-22(26)18-3-7-20(8-4-18)29(27,28)25-19-5-6-19/h3-4,7-8,15-17,19,21,25H,2,5-6,9-14H2,1H3,(H,24,26)/t15?,16?,17?,21-,23?/m1/s1. The van der Waals surface area contributed by atoms with Crippen molar-refractivity contribution in [3.8, 4) is 0 Å². The first-order valence-corrected chi connectivity index (χ1v) is 12.8. The number of carbonyl (C=O) groups is 1. The molecule has 5 nitrogen and oxygen atoms in total. The normalized spacial score (nSPS) is 34.2. The van der Waals surface area contributed by atoms with Gasteiger partial charge < -0.3 is 5.32 Å². The predicted octanol–water partition coefficient (Wildman–Crippen LogP) is 3.85. The fourth-order valence-electron chi connectivity index (χ4n) is 6.81. The van der Waals surface area contributed by atoms with E-state index in [1.165, 1.54) is 38.5 Å². The van der Waals surface area contributed by atoms with Crippen LogP contribution in [0.5, 0.6) is 0 Å². The van der Waals surface area contributed by atoms with Gasteiger partial charge in [0.2, 0.25) is 10.0 Å². The number of hydrogen-bond acceptors (Lipinski definition) is 3. The lowest BCUT2D eigenvalue weighted by atomic mass is 9.47. The average Bonchev–Trinajstić information content (AvgIpc) is 3.48. The Bertz CT molecular complexity index is 854. The Balaban J connectivity index is 1.29. The fraction of sp³-hybridized carbons (Fsp3) is 0.696. The van der Waals surface area contributed by atoms with E-state index in [1.807, 2.05) is 0 Å². The van der Waals surface area contributed by atoms with E-state index in [0.717, 1.165) is 37.0 Å². The molecule has 0 aliphatic heterocycles. The highest BCUT2D eigenvalue weighted by Crippen LogP contribution is 2.61. The summed E-state index contributed by atoms with van der Waals surface area (Å²) in [4.78, 5) is 13.2. The molecule has 5 aliphatic rings. The molecule has 0 aromatic heterocycles. The molecule has 0 radical (unpaired) electrons. The molecular weight excluding hydrogens is 384 g/mol. The Labute approximate surface area is 174 Å². The van der Waals surface area contributed by atoms with E-state index in [4.69, 9.17) is 0 Å². The molecule has 1 aromatic carbocycles. The van der Waals surface area contributed by atoms with E-state index in [0.29, 0.717) is 5.56 Å². The molecule has 2 N–H and O–H groups in total. The van der Waals surface area contributed by atoms with Crippen molar-refractivity contribution in [2.75, 3.05) is 0 Å². The summed E-state index contributed by atoms with van der Waals surface area (Å²) in [6.07, 6.45) is 10.8. The third-order valence-electron chi connectivity index (χ3n) is 7.86. The molecule has 1 atom stereocenters. The van der Waals surface area contributed by atoms with Gasteiger partial charge in [-0.2, -0.15) is 0 Å². The first-order chi connectivity index (χ1) is 13.9. The summed E-state index contributed by atoms with van der Waals surface area (Å²) in [5.74, 6) is 2.49. The van der Waals surface area contributed by atoms with Crippen molar-refractivity contribution in [1.29, 1.82) is 0 Å². The summed E-state index contributed by atoms with van der Waals surface area (Å²) in [6, 6.07) is 6.67. The lowest BCUT2D eigenvalue weighted by Crippen LogP contribution is -2.56. The van der Waals surface area contributed by atoms with E-state index >= 15 is 0 Å². The van der Waals surface area contributed by atoms with E-state index in [-0.39, 0.29) is 28.3 Å². The largest absolute Gasteiger partial charge is 0.349 e. The molecule has 0 saturated heterocycles. The van der Waals surface area contributed by atoms with Crippen LogP contribution in [0.25, 0.3) is 0 Å². The van der Waals surface area contributed by atoms with Crippen molar-refractivity contribution in [2.24, 2.45) is 23.2 Å². The second kappa shape index (κ2) is 7.09. The zero-order chi connectivity index (χ0) is 20.2. The van der Waals surface area contributed by atoms with Gasteiger partial charge in [0.1, 0.15) is 0 Å². The molecule has 29 heavy (non-hydrogen) atoms.